The SMILES string of the molecule is NCC1CCCCCC1N(Cc1ccccc1)C1CC1. The van der Waals surface area contributed by atoms with Gasteiger partial charge < -0.3 is 5.73 Å². The van der Waals surface area contributed by atoms with Gasteiger partial charge in [0, 0.05) is 18.6 Å². The molecule has 110 valence electrons. The van der Waals surface area contributed by atoms with Crippen molar-refractivity contribution in [3.05, 3.63) is 35.9 Å². The molecular weight excluding hydrogens is 244 g/mol. The van der Waals surface area contributed by atoms with Crippen LogP contribution in [0.5, 0.6) is 0 Å². The molecule has 0 heterocycles. The van der Waals surface area contributed by atoms with Crippen molar-refractivity contribution in [2.75, 3.05) is 6.54 Å². The monoisotopic (exact) mass is 272 g/mol. The molecule has 1 aromatic rings. The summed E-state index contributed by atoms with van der Waals surface area (Å²) >= 11 is 0. The summed E-state index contributed by atoms with van der Waals surface area (Å²) in [6.45, 7) is 1.98. The van der Waals surface area contributed by atoms with Gasteiger partial charge in [-0.05, 0) is 43.7 Å². The van der Waals surface area contributed by atoms with Crippen molar-refractivity contribution < 1.29 is 0 Å². The van der Waals surface area contributed by atoms with Gasteiger partial charge in [0.2, 0.25) is 0 Å². The van der Waals surface area contributed by atoms with Gasteiger partial charge in [-0.2, -0.15) is 0 Å². The van der Waals surface area contributed by atoms with E-state index < -0.39 is 0 Å². The van der Waals surface area contributed by atoms with Crippen molar-refractivity contribution in [1.29, 1.82) is 0 Å². The Balaban J connectivity index is 1.74. The molecule has 0 radical (unpaired) electrons. The molecule has 2 N–H and O–H groups in total. The third-order valence-electron chi connectivity index (χ3n) is 5.07. The summed E-state index contributed by atoms with van der Waals surface area (Å²) in [4.78, 5) is 2.79. The molecule has 2 saturated carbocycles. The number of hydrogen-bond acceptors (Lipinski definition) is 2. The van der Waals surface area contributed by atoms with Crippen LogP contribution >= 0.6 is 0 Å². The average molecular weight is 272 g/mol. The average Bonchev–Trinajstić information content (AvgIpc) is 3.32. The van der Waals surface area contributed by atoms with Gasteiger partial charge >= 0.3 is 0 Å². The van der Waals surface area contributed by atoms with E-state index in [1.165, 1.54) is 50.5 Å². The molecule has 0 aliphatic heterocycles. The summed E-state index contributed by atoms with van der Waals surface area (Å²) in [5, 5.41) is 0. The lowest BCUT2D eigenvalue weighted by atomic mass is 9.92. The fraction of sp³-hybridized carbons (Fsp3) is 0.667. The maximum absolute atomic E-state index is 6.09. The van der Waals surface area contributed by atoms with Gasteiger partial charge in [-0.15, -0.1) is 0 Å². The maximum Gasteiger partial charge on any atom is 0.0239 e. The van der Waals surface area contributed by atoms with Crippen LogP contribution in [0.2, 0.25) is 0 Å². The standard InChI is InChI=1S/C18H28N2/c19-13-16-9-5-2-6-10-18(16)20(17-11-12-17)14-15-7-3-1-4-8-15/h1,3-4,7-8,16-18H,2,5-6,9-14,19H2. The molecule has 0 saturated heterocycles. The first kappa shape index (κ1) is 14.1. The number of benzene rings is 1. The molecule has 2 aliphatic rings. The zero-order valence-corrected chi connectivity index (χ0v) is 12.5. The Morgan fingerprint density at radius 3 is 2.40 bits per heavy atom. The highest BCUT2D eigenvalue weighted by Crippen LogP contribution is 2.36. The van der Waals surface area contributed by atoms with Crippen LogP contribution in [0.25, 0.3) is 0 Å². The van der Waals surface area contributed by atoms with E-state index in [9.17, 15) is 0 Å². The Hall–Kier alpha value is -0.860. The molecule has 3 rings (SSSR count). The summed E-state index contributed by atoms with van der Waals surface area (Å²) in [5.41, 5.74) is 7.55. The summed E-state index contributed by atoms with van der Waals surface area (Å²) in [6.07, 6.45) is 9.63. The van der Waals surface area contributed by atoms with Gasteiger partial charge in [-0.25, -0.2) is 0 Å². The first-order valence-electron chi connectivity index (χ1n) is 8.38. The van der Waals surface area contributed by atoms with Gasteiger partial charge in [0.05, 0.1) is 0 Å². The van der Waals surface area contributed by atoms with Crippen LogP contribution in [0.3, 0.4) is 0 Å². The lowest BCUT2D eigenvalue weighted by Crippen LogP contribution is -2.43. The Morgan fingerprint density at radius 2 is 1.70 bits per heavy atom. The largest absolute Gasteiger partial charge is 0.330 e. The summed E-state index contributed by atoms with van der Waals surface area (Å²) < 4.78 is 0. The van der Waals surface area contributed by atoms with Gasteiger partial charge in [0.15, 0.2) is 0 Å². The number of nitrogens with zero attached hydrogens (tertiary/aromatic N) is 1. The molecule has 20 heavy (non-hydrogen) atoms. The highest BCUT2D eigenvalue weighted by Gasteiger charge is 2.37. The maximum atomic E-state index is 6.09. The quantitative estimate of drug-likeness (QED) is 0.830. The zero-order valence-electron chi connectivity index (χ0n) is 12.5. The lowest BCUT2D eigenvalue weighted by Gasteiger charge is -2.36. The second kappa shape index (κ2) is 6.73. The van der Waals surface area contributed by atoms with E-state index >= 15 is 0 Å². The van der Waals surface area contributed by atoms with Crippen LogP contribution in [0.4, 0.5) is 0 Å². The van der Waals surface area contributed by atoms with E-state index in [1.54, 1.807) is 0 Å². The van der Waals surface area contributed by atoms with Crippen molar-refractivity contribution in [3.8, 4) is 0 Å². The van der Waals surface area contributed by atoms with Crippen LogP contribution in [0.15, 0.2) is 30.3 Å². The molecule has 2 aliphatic carbocycles. The van der Waals surface area contributed by atoms with E-state index in [-0.39, 0.29) is 0 Å². The molecule has 2 atom stereocenters. The molecule has 0 bridgehead atoms. The molecule has 2 unspecified atom stereocenters. The number of rotatable bonds is 5. The molecule has 0 aromatic heterocycles. The Morgan fingerprint density at radius 1 is 0.950 bits per heavy atom. The van der Waals surface area contributed by atoms with E-state index in [0.717, 1.165) is 25.2 Å². The third-order valence-corrected chi connectivity index (χ3v) is 5.07. The van der Waals surface area contributed by atoms with Crippen LogP contribution in [0.1, 0.15) is 50.5 Å². The Kier molecular flexibility index (Phi) is 4.74. The first-order chi connectivity index (χ1) is 9.88. The highest BCUT2D eigenvalue weighted by molar-refractivity contribution is 5.15. The predicted octanol–water partition coefficient (Wildman–Crippen LogP) is 3.56. The minimum absolute atomic E-state index is 0.710. The van der Waals surface area contributed by atoms with Gasteiger partial charge in [-0.3, -0.25) is 4.90 Å². The first-order valence-corrected chi connectivity index (χ1v) is 8.38. The van der Waals surface area contributed by atoms with Gasteiger partial charge in [0.1, 0.15) is 0 Å². The van der Waals surface area contributed by atoms with E-state index in [0.29, 0.717) is 5.92 Å². The van der Waals surface area contributed by atoms with Crippen molar-refractivity contribution >= 4 is 0 Å². The molecule has 2 heteroatoms. The molecule has 2 fully saturated rings. The van der Waals surface area contributed by atoms with Crippen LogP contribution < -0.4 is 5.73 Å². The summed E-state index contributed by atoms with van der Waals surface area (Å²) in [6, 6.07) is 12.5. The van der Waals surface area contributed by atoms with Crippen molar-refractivity contribution in [3.63, 3.8) is 0 Å². The lowest BCUT2D eigenvalue weighted by molar-refractivity contribution is 0.118. The van der Waals surface area contributed by atoms with Gasteiger partial charge in [-0.1, -0.05) is 49.6 Å². The minimum Gasteiger partial charge on any atom is -0.330 e. The molecular formula is C18H28N2. The molecule has 0 amide bonds. The van der Waals surface area contributed by atoms with Crippen molar-refractivity contribution in [1.82, 2.24) is 4.90 Å². The second-order valence-corrected chi connectivity index (χ2v) is 6.59. The fourth-order valence-electron chi connectivity index (χ4n) is 3.79. The Labute approximate surface area is 123 Å². The van der Waals surface area contributed by atoms with Crippen LogP contribution in [-0.2, 0) is 6.54 Å². The fourth-order valence-corrected chi connectivity index (χ4v) is 3.79. The van der Waals surface area contributed by atoms with E-state index in [1.807, 2.05) is 0 Å². The number of hydrogen-bond donors (Lipinski definition) is 1. The van der Waals surface area contributed by atoms with E-state index in [4.69, 9.17) is 5.73 Å². The van der Waals surface area contributed by atoms with Gasteiger partial charge in [0.25, 0.3) is 0 Å². The molecule has 2 nitrogen and oxygen atoms in total. The second-order valence-electron chi connectivity index (χ2n) is 6.59. The normalized spacial score (nSPS) is 27.5. The predicted molar refractivity (Wildman–Crippen MR) is 84.4 cm³/mol. The van der Waals surface area contributed by atoms with Crippen molar-refractivity contribution in [2.45, 2.75) is 63.6 Å². The summed E-state index contributed by atoms with van der Waals surface area (Å²) in [7, 11) is 0. The van der Waals surface area contributed by atoms with Crippen LogP contribution in [-0.4, -0.2) is 23.5 Å². The molecule has 0 spiro atoms. The minimum atomic E-state index is 0.710. The highest BCUT2D eigenvalue weighted by atomic mass is 15.2. The van der Waals surface area contributed by atoms with Crippen molar-refractivity contribution in [2.24, 2.45) is 11.7 Å². The molecule has 1 aromatic carbocycles. The zero-order chi connectivity index (χ0) is 13.8. The summed E-state index contributed by atoms with van der Waals surface area (Å²) in [5.74, 6) is 0.710. The number of nitrogens with two attached hydrogens (primary N) is 1. The third kappa shape index (κ3) is 3.42. The van der Waals surface area contributed by atoms with Crippen LogP contribution in [0, 0.1) is 5.92 Å². The Bertz CT molecular complexity index is 399. The smallest absolute Gasteiger partial charge is 0.0239 e. The topological polar surface area (TPSA) is 29.3 Å². The van der Waals surface area contributed by atoms with E-state index in [2.05, 4.69) is 35.2 Å².